The molecule has 0 aliphatic heterocycles. The zero-order chi connectivity index (χ0) is 18.8. The van der Waals surface area contributed by atoms with Crippen molar-refractivity contribution in [3.8, 4) is 0 Å². The van der Waals surface area contributed by atoms with E-state index in [1.54, 1.807) is 23.9 Å². The van der Waals surface area contributed by atoms with Crippen molar-refractivity contribution in [3.05, 3.63) is 83.0 Å². The second kappa shape index (κ2) is 7.29. The molecule has 4 aromatic rings. The predicted molar refractivity (Wildman–Crippen MR) is 113 cm³/mol. The Bertz CT molecular complexity index is 1140. The van der Waals surface area contributed by atoms with Gasteiger partial charge in [0.25, 0.3) is 0 Å². The van der Waals surface area contributed by atoms with Crippen LogP contribution < -0.4 is 10.7 Å². The molecule has 0 saturated heterocycles. The van der Waals surface area contributed by atoms with E-state index in [-0.39, 0.29) is 17.9 Å². The van der Waals surface area contributed by atoms with Gasteiger partial charge in [-0.2, -0.15) is 0 Å². The lowest BCUT2D eigenvalue weighted by atomic mass is 10.1. The molecule has 0 spiro atoms. The topological polar surface area (TPSA) is 51.1 Å². The van der Waals surface area contributed by atoms with Crippen LogP contribution in [-0.4, -0.2) is 16.7 Å². The van der Waals surface area contributed by atoms with Crippen molar-refractivity contribution < 1.29 is 4.79 Å². The smallest absolute Gasteiger partial charge is 0.244 e. The van der Waals surface area contributed by atoms with Crippen molar-refractivity contribution in [2.24, 2.45) is 0 Å². The molecule has 1 aromatic heterocycles. The number of pyridine rings is 1. The van der Waals surface area contributed by atoms with E-state index in [9.17, 15) is 9.59 Å². The minimum absolute atomic E-state index is 0.00878. The van der Waals surface area contributed by atoms with Gasteiger partial charge in [-0.15, -0.1) is 11.8 Å². The van der Waals surface area contributed by atoms with Gasteiger partial charge in [-0.25, -0.2) is 0 Å². The summed E-state index contributed by atoms with van der Waals surface area (Å²) in [5.74, 6) is -0.133. The molecule has 0 aliphatic rings. The summed E-state index contributed by atoms with van der Waals surface area (Å²) in [6, 6.07) is 22.6. The number of carbonyl (C=O) groups excluding carboxylic acids is 1. The molecule has 0 aliphatic carbocycles. The lowest BCUT2D eigenvalue weighted by Gasteiger charge is -2.15. The van der Waals surface area contributed by atoms with Gasteiger partial charge in [0.2, 0.25) is 5.91 Å². The first-order valence-electron chi connectivity index (χ1n) is 8.61. The number of aromatic nitrogens is 1. The van der Waals surface area contributed by atoms with E-state index in [0.29, 0.717) is 10.8 Å². The molecule has 1 amide bonds. The molecule has 0 radical (unpaired) electrons. The first kappa shape index (κ1) is 17.4. The Morgan fingerprint density at radius 2 is 1.44 bits per heavy atom. The van der Waals surface area contributed by atoms with E-state index < -0.39 is 0 Å². The first-order chi connectivity index (χ1) is 13.2. The van der Waals surface area contributed by atoms with E-state index in [1.807, 2.05) is 71.5 Å². The van der Waals surface area contributed by atoms with E-state index >= 15 is 0 Å². The number of nitrogens with zero attached hydrogens (tertiary/aromatic N) is 1. The molecule has 0 unspecified atom stereocenters. The number of hydrogen-bond donors (Lipinski definition) is 1. The van der Waals surface area contributed by atoms with Crippen LogP contribution in [0.25, 0.3) is 21.8 Å². The Balaban J connectivity index is 1.74. The van der Waals surface area contributed by atoms with Gasteiger partial charge < -0.3 is 9.88 Å². The third kappa shape index (κ3) is 3.34. The highest BCUT2D eigenvalue weighted by molar-refractivity contribution is 7.98. The summed E-state index contributed by atoms with van der Waals surface area (Å²) >= 11 is 1.66. The van der Waals surface area contributed by atoms with Gasteiger partial charge in [-0.1, -0.05) is 24.3 Å². The molecule has 134 valence electrons. The number of rotatable bonds is 4. The molecule has 4 rings (SSSR count). The summed E-state index contributed by atoms with van der Waals surface area (Å²) in [5.41, 5.74) is 2.26. The molecule has 4 nitrogen and oxygen atoms in total. The van der Waals surface area contributed by atoms with Gasteiger partial charge in [-0.3, -0.25) is 9.59 Å². The number of amides is 1. The number of carbonyl (C=O) groups is 1. The SMILES string of the molecule is CSc1ccc(NC(=O)Cn2c3ccccc3c(=O)c3ccccc32)cc1. The molecular formula is C22H18N2O2S. The summed E-state index contributed by atoms with van der Waals surface area (Å²) in [6.45, 7) is 0.131. The molecule has 0 saturated carbocycles. The Kier molecular flexibility index (Phi) is 4.69. The predicted octanol–water partition coefficient (Wildman–Crippen LogP) is 4.52. The molecule has 5 heteroatoms. The van der Waals surface area contributed by atoms with Crippen LogP contribution in [-0.2, 0) is 11.3 Å². The van der Waals surface area contributed by atoms with Crippen LogP contribution in [0.1, 0.15) is 0 Å². The Morgan fingerprint density at radius 3 is 2.00 bits per heavy atom. The number of fused-ring (bicyclic) bond motifs is 2. The van der Waals surface area contributed by atoms with Crippen molar-refractivity contribution in [1.82, 2.24) is 4.57 Å². The maximum atomic E-state index is 12.8. The molecule has 1 heterocycles. The summed E-state index contributed by atoms with van der Waals surface area (Å²) in [7, 11) is 0. The number of hydrogen-bond acceptors (Lipinski definition) is 3. The molecule has 3 aromatic carbocycles. The zero-order valence-electron chi connectivity index (χ0n) is 14.8. The molecule has 0 atom stereocenters. The van der Waals surface area contributed by atoms with Crippen LogP contribution in [0, 0.1) is 0 Å². The van der Waals surface area contributed by atoms with E-state index in [1.165, 1.54) is 0 Å². The highest BCUT2D eigenvalue weighted by atomic mass is 32.2. The fraction of sp³-hybridized carbons (Fsp3) is 0.0909. The van der Waals surface area contributed by atoms with Gasteiger partial charge in [0.1, 0.15) is 6.54 Å². The maximum absolute atomic E-state index is 12.8. The summed E-state index contributed by atoms with van der Waals surface area (Å²) < 4.78 is 1.90. The number of para-hydroxylation sites is 2. The molecular weight excluding hydrogens is 356 g/mol. The van der Waals surface area contributed by atoms with Crippen LogP contribution in [0.4, 0.5) is 5.69 Å². The van der Waals surface area contributed by atoms with Crippen LogP contribution in [0.2, 0.25) is 0 Å². The maximum Gasteiger partial charge on any atom is 0.244 e. The fourth-order valence-electron chi connectivity index (χ4n) is 3.27. The largest absolute Gasteiger partial charge is 0.331 e. The number of thioether (sulfide) groups is 1. The second-order valence-electron chi connectivity index (χ2n) is 6.23. The number of benzene rings is 3. The third-order valence-corrected chi connectivity index (χ3v) is 5.30. The summed E-state index contributed by atoms with van der Waals surface area (Å²) in [4.78, 5) is 26.6. The minimum atomic E-state index is -0.133. The summed E-state index contributed by atoms with van der Waals surface area (Å²) in [6.07, 6.45) is 2.01. The zero-order valence-corrected chi connectivity index (χ0v) is 15.6. The van der Waals surface area contributed by atoms with Crippen LogP contribution in [0.15, 0.2) is 82.5 Å². The lowest BCUT2D eigenvalue weighted by Crippen LogP contribution is -2.21. The monoisotopic (exact) mass is 374 g/mol. The van der Waals surface area contributed by atoms with Crippen molar-refractivity contribution in [1.29, 1.82) is 0 Å². The van der Waals surface area contributed by atoms with Gasteiger partial charge in [0.15, 0.2) is 5.43 Å². The average Bonchev–Trinajstić information content (AvgIpc) is 2.72. The highest BCUT2D eigenvalue weighted by Crippen LogP contribution is 2.20. The first-order valence-corrected chi connectivity index (χ1v) is 9.84. The normalized spacial score (nSPS) is 11.0. The standard InChI is InChI=1S/C22H18N2O2S/c1-27-16-12-10-15(11-13-16)23-21(25)14-24-19-8-4-2-6-17(19)22(26)18-7-3-5-9-20(18)24/h2-13H,14H2,1H3,(H,23,25). The molecule has 0 bridgehead atoms. The van der Waals surface area contributed by atoms with Crippen molar-refractivity contribution in [3.63, 3.8) is 0 Å². The Labute approximate surface area is 160 Å². The fourth-order valence-corrected chi connectivity index (χ4v) is 3.67. The van der Waals surface area contributed by atoms with Gasteiger partial charge in [0.05, 0.1) is 11.0 Å². The van der Waals surface area contributed by atoms with Crippen molar-refractivity contribution >= 4 is 45.2 Å². The molecule has 1 N–H and O–H groups in total. The quantitative estimate of drug-likeness (QED) is 0.422. The van der Waals surface area contributed by atoms with Crippen LogP contribution >= 0.6 is 11.8 Å². The third-order valence-electron chi connectivity index (χ3n) is 4.55. The van der Waals surface area contributed by atoms with Crippen LogP contribution in [0.3, 0.4) is 0 Å². The average molecular weight is 374 g/mol. The second-order valence-corrected chi connectivity index (χ2v) is 7.11. The van der Waals surface area contributed by atoms with E-state index in [4.69, 9.17) is 0 Å². The Morgan fingerprint density at radius 1 is 0.889 bits per heavy atom. The van der Waals surface area contributed by atoms with Gasteiger partial charge in [-0.05, 0) is 54.8 Å². The highest BCUT2D eigenvalue weighted by Gasteiger charge is 2.13. The van der Waals surface area contributed by atoms with E-state index in [0.717, 1.165) is 21.6 Å². The number of anilines is 1. The Hall–Kier alpha value is -3.05. The lowest BCUT2D eigenvalue weighted by molar-refractivity contribution is -0.116. The van der Waals surface area contributed by atoms with Crippen molar-refractivity contribution in [2.75, 3.05) is 11.6 Å². The molecule has 27 heavy (non-hydrogen) atoms. The van der Waals surface area contributed by atoms with Gasteiger partial charge >= 0.3 is 0 Å². The minimum Gasteiger partial charge on any atom is -0.331 e. The van der Waals surface area contributed by atoms with E-state index in [2.05, 4.69) is 5.32 Å². The molecule has 0 fully saturated rings. The summed E-state index contributed by atoms with van der Waals surface area (Å²) in [5, 5.41) is 4.18. The number of nitrogens with one attached hydrogen (secondary N) is 1. The van der Waals surface area contributed by atoms with Crippen LogP contribution in [0.5, 0.6) is 0 Å². The van der Waals surface area contributed by atoms with Crippen molar-refractivity contribution in [2.45, 2.75) is 11.4 Å². The van der Waals surface area contributed by atoms with Gasteiger partial charge in [0, 0.05) is 21.4 Å².